The molecule has 0 aromatic carbocycles. The van der Waals surface area contributed by atoms with Gasteiger partial charge in [-0.3, -0.25) is 9.89 Å². The molecule has 0 spiro atoms. The summed E-state index contributed by atoms with van der Waals surface area (Å²) in [6.45, 7) is 1.46. The Bertz CT molecular complexity index is 291. The first-order chi connectivity index (χ1) is 6.86. The van der Waals surface area contributed by atoms with Crippen LogP contribution in [0.1, 0.15) is 23.2 Å². The second-order valence-electron chi connectivity index (χ2n) is 3.35. The van der Waals surface area contributed by atoms with E-state index in [-0.39, 0.29) is 11.9 Å². The van der Waals surface area contributed by atoms with Crippen LogP contribution in [-0.2, 0) is 4.74 Å². The molecule has 1 aromatic rings. The highest BCUT2D eigenvalue weighted by molar-refractivity contribution is 5.93. The third kappa shape index (κ3) is 2.11. The van der Waals surface area contributed by atoms with Gasteiger partial charge in [-0.25, -0.2) is 0 Å². The number of amides is 1. The Hall–Kier alpha value is -1.36. The van der Waals surface area contributed by atoms with Crippen molar-refractivity contribution in [2.45, 2.75) is 18.9 Å². The maximum absolute atomic E-state index is 11.6. The Kier molecular flexibility index (Phi) is 2.78. The molecule has 1 fully saturated rings. The van der Waals surface area contributed by atoms with Crippen LogP contribution in [0.5, 0.6) is 0 Å². The molecule has 1 aromatic heterocycles. The van der Waals surface area contributed by atoms with Crippen LogP contribution in [0.4, 0.5) is 0 Å². The van der Waals surface area contributed by atoms with Gasteiger partial charge in [-0.05, 0) is 12.8 Å². The third-order valence-corrected chi connectivity index (χ3v) is 2.32. The maximum Gasteiger partial charge on any atom is 0.254 e. The van der Waals surface area contributed by atoms with Gasteiger partial charge in [0.15, 0.2) is 0 Å². The summed E-state index contributed by atoms with van der Waals surface area (Å²) in [4.78, 5) is 11.6. The Labute approximate surface area is 81.8 Å². The lowest BCUT2D eigenvalue weighted by Gasteiger charge is -2.22. The lowest BCUT2D eigenvalue weighted by molar-refractivity contribution is 0.0696. The van der Waals surface area contributed by atoms with Gasteiger partial charge >= 0.3 is 0 Å². The highest BCUT2D eigenvalue weighted by Crippen LogP contribution is 2.07. The molecule has 1 aliphatic heterocycles. The van der Waals surface area contributed by atoms with E-state index in [1.54, 1.807) is 6.20 Å². The van der Waals surface area contributed by atoms with E-state index < -0.39 is 0 Å². The van der Waals surface area contributed by atoms with E-state index in [4.69, 9.17) is 4.74 Å². The Balaban J connectivity index is 1.87. The number of carbonyl (C=O) groups is 1. The fourth-order valence-corrected chi connectivity index (χ4v) is 1.49. The summed E-state index contributed by atoms with van der Waals surface area (Å²) in [7, 11) is 0. The summed E-state index contributed by atoms with van der Waals surface area (Å²) in [6.07, 6.45) is 4.90. The summed E-state index contributed by atoms with van der Waals surface area (Å²) in [5, 5.41) is 9.28. The van der Waals surface area contributed by atoms with Crippen molar-refractivity contribution < 1.29 is 9.53 Å². The summed E-state index contributed by atoms with van der Waals surface area (Å²) in [5.74, 6) is -0.0642. The van der Waals surface area contributed by atoms with Crippen LogP contribution in [0.2, 0.25) is 0 Å². The van der Waals surface area contributed by atoms with Crippen molar-refractivity contribution >= 4 is 5.91 Å². The zero-order chi connectivity index (χ0) is 9.80. The van der Waals surface area contributed by atoms with Crippen LogP contribution in [0.15, 0.2) is 12.4 Å². The van der Waals surface area contributed by atoms with Gasteiger partial charge in [0, 0.05) is 25.5 Å². The zero-order valence-electron chi connectivity index (χ0n) is 7.82. The summed E-state index contributed by atoms with van der Waals surface area (Å²) >= 11 is 0. The number of hydrogen-bond donors (Lipinski definition) is 2. The van der Waals surface area contributed by atoms with E-state index >= 15 is 0 Å². The van der Waals surface area contributed by atoms with E-state index in [1.807, 2.05) is 0 Å². The minimum atomic E-state index is -0.0642. The van der Waals surface area contributed by atoms with Crippen molar-refractivity contribution in [2.24, 2.45) is 0 Å². The number of rotatable bonds is 2. The smallest absolute Gasteiger partial charge is 0.254 e. The monoisotopic (exact) mass is 195 g/mol. The van der Waals surface area contributed by atoms with Crippen LogP contribution in [0.3, 0.4) is 0 Å². The van der Waals surface area contributed by atoms with Gasteiger partial charge < -0.3 is 10.1 Å². The molecule has 0 radical (unpaired) electrons. The molecule has 5 nitrogen and oxygen atoms in total. The first-order valence-corrected chi connectivity index (χ1v) is 4.73. The Morgan fingerprint density at radius 3 is 3.00 bits per heavy atom. The Morgan fingerprint density at radius 2 is 2.36 bits per heavy atom. The first kappa shape index (κ1) is 9.21. The summed E-state index contributed by atoms with van der Waals surface area (Å²) in [5.41, 5.74) is 0.580. The number of carbonyl (C=O) groups excluding carboxylic acids is 1. The fourth-order valence-electron chi connectivity index (χ4n) is 1.49. The summed E-state index contributed by atoms with van der Waals surface area (Å²) in [6, 6.07) is 0.242. The van der Waals surface area contributed by atoms with Crippen molar-refractivity contribution in [1.82, 2.24) is 15.5 Å². The van der Waals surface area contributed by atoms with Gasteiger partial charge in [-0.1, -0.05) is 0 Å². The molecule has 2 rings (SSSR count). The van der Waals surface area contributed by atoms with Crippen molar-refractivity contribution in [3.8, 4) is 0 Å². The van der Waals surface area contributed by atoms with Crippen LogP contribution >= 0.6 is 0 Å². The van der Waals surface area contributed by atoms with Crippen LogP contribution in [-0.4, -0.2) is 35.4 Å². The van der Waals surface area contributed by atoms with Crippen LogP contribution in [0.25, 0.3) is 0 Å². The highest BCUT2D eigenvalue weighted by Gasteiger charge is 2.17. The number of hydrogen-bond acceptors (Lipinski definition) is 3. The molecule has 5 heteroatoms. The van der Waals surface area contributed by atoms with E-state index in [1.165, 1.54) is 6.20 Å². The van der Waals surface area contributed by atoms with Crippen molar-refractivity contribution in [1.29, 1.82) is 0 Å². The standard InChI is InChI=1S/C9H13N3O2/c13-9(7-5-10-11-6-7)12-8-1-3-14-4-2-8/h5-6,8H,1-4H2,(H,10,11)(H,12,13). The SMILES string of the molecule is O=C(NC1CCOCC1)c1cn[nH]c1. The molecule has 0 unspecified atom stereocenters. The average molecular weight is 195 g/mol. The van der Waals surface area contributed by atoms with E-state index in [2.05, 4.69) is 15.5 Å². The van der Waals surface area contributed by atoms with Gasteiger partial charge in [0.2, 0.25) is 0 Å². The quantitative estimate of drug-likeness (QED) is 0.714. The first-order valence-electron chi connectivity index (χ1n) is 4.73. The molecule has 1 aliphatic rings. The fraction of sp³-hybridized carbons (Fsp3) is 0.556. The third-order valence-electron chi connectivity index (χ3n) is 2.32. The topological polar surface area (TPSA) is 67.0 Å². The second kappa shape index (κ2) is 4.23. The predicted octanol–water partition coefficient (Wildman–Crippen LogP) is 0.318. The number of nitrogens with zero attached hydrogens (tertiary/aromatic N) is 1. The van der Waals surface area contributed by atoms with Gasteiger partial charge in [0.05, 0.1) is 11.8 Å². The molecule has 0 aliphatic carbocycles. The molecular weight excluding hydrogens is 182 g/mol. The highest BCUT2D eigenvalue weighted by atomic mass is 16.5. The largest absolute Gasteiger partial charge is 0.381 e. The van der Waals surface area contributed by atoms with E-state index in [9.17, 15) is 4.79 Å². The van der Waals surface area contributed by atoms with Gasteiger partial charge in [-0.15, -0.1) is 0 Å². The number of H-pyrrole nitrogens is 1. The maximum atomic E-state index is 11.6. The molecule has 76 valence electrons. The van der Waals surface area contributed by atoms with Crippen LogP contribution in [0, 0.1) is 0 Å². The number of nitrogens with one attached hydrogen (secondary N) is 2. The molecule has 0 atom stereocenters. The molecule has 2 N–H and O–H groups in total. The van der Waals surface area contributed by atoms with Gasteiger partial charge in [0.1, 0.15) is 0 Å². The second-order valence-corrected chi connectivity index (χ2v) is 3.35. The number of aromatic nitrogens is 2. The lowest BCUT2D eigenvalue weighted by Crippen LogP contribution is -2.38. The zero-order valence-corrected chi connectivity index (χ0v) is 7.82. The summed E-state index contributed by atoms with van der Waals surface area (Å²) < 4.78 is 5.20. The number of aromatic amines is 1. The lowest BCUT2D eigenvalue weighted by atomic mass is 10.1. The molecule has 2 heterocycles. The molecule has 14 heavy (non-hydrogen) atoms. The molecule has 0 saturated carbocycles. The van der Waals surface area contributed by atoms with Crippen molar-refractivity contribution in [3.05, 3.63) is 18.0 Å². The van der Waals surface area contributed by atoms with E-state index in [0.717, 1.165) is 26.1 Å². The van der Waals surface area contributed by atoms with Gasteiger partial charge in [-0.2, -0.15) is 5.10 Å². The van der Waals surface area contributed by atoms with Crippen molar-refractivity contribution in [2.75, 3.05) is 13.2 Å². The van der Waals surface area contributed by atoms with Crippen molar-refractivity contribution in [3.63, 3.8) is 0 Å². The Morgan fingerprint density at radius 1 is 1.57 bits per heavy atom. The predicted molar refractivity (Wildman–Crippen MR) is 49.9 cm³/mol. The average Bonchev–Trinajstić information content (AvgIpc) is 2.72. The van der Waals surface area contributed by atoms with Gasteiger partial charge in [0.25, 0.3) is 5.91 Å². The molecule has 1 saturated heterocycles. The normalized spacial score (nSPS) is 18.0. The number of ether oxygens (including phenoxy) is 1. The van der Waals surface area contributed by atoms with E-state index in [0.29, 0.717) is 5.56 Å². The minimum Gasteiger partial charge on any atom is -0.381 e. The molecular formula is C9H13N3O2. The van der Waals surface area contributed by atoms with Crippen LogP contribution < -0.4 is 5.32 Å². The minimum absolute atomic E-state index is 0.0642. The molecule has 1 amide bonds. The molecule has 0 bridgehead atoms.